The Kier molecular flexibility index (Phi) is 6.58. The summed E-state index contributed by atoms with van der Waals surface area (Å²) in [6.07, 6.45) is -8.65. The summed E-state index contributed by atoms with van der Waals surface area (Å²) in [5.41, 5.74) is -2.72. The number of benzene rings is 1. The molecule has 1 aromatic carbocycles. The van der Waals surface area contributed by atoms with Crippen LogP contribution in [-0.2, 0) is 12.4 Å². The molecule has 1 aromatic heterocycles. The first-order chi connectivity index (χ1) is 13.7. The highest BCUT2D eigenvalue weighted by Gasteiger charge is 2.37. The van der Waals surface area contributed by atoms with Crippen molar-refractivity contribution in [3.63, 3.8) is 0 Å². The van der Waals surface area contributed by atoms with Gasteiger partial charge in [0.25, 0.3) is 5.91 Å². The lowest BCUT2D eigenvalue weighted by atomic mass is 10.00. The normalized spacial score (nSPS) is 13.3. The van der Waals surface area contributed by atoms with Crippen LogP contribution in [0.15, 0.2) is 36.5 Å². The summed E-state index contributed by atoms with van der Waals surface area (Å²) in [5.74, 6) is -0.866. The quantitative estimate of drug-likeness (QED) is 0.476. The molecular weight excluding hydrogens is 412 g/mol. The van der Waals surface area contributed by atoms with E-state index in [1.807, 2.05) is 0 Å². The summed E-state index contributed by atoms with van der Waals surface area (Å²) in [4.78, 5) is 16.5. The van der Waals surface area contributed by atoms with E-state index in [1.165, 1.54) is 25.3 Å². The second-order valence-corrected chi connectivity index (χ2v) is 7.03. The molecule has 0 fully saturated rings. The van der Waals surface area contributed by atoms with Gasteiger partial charge in [-0.3, -0.25) is 9.78 Å². The maximum absolute atomic E-state index is 13.0. The van der Waals surface area contributed by atoms with Crippen LogP contribution in [0.25, 0.3) is 0 Å². The first-order valence-corrected chi connectivity index (χ1v) is 8.85. The first-order valence-electron chi connectivity index (χ1n) is 8.85. The van der Waals surface area contributed by atoms with Gasteiger partial charge in [-0.1, -0.05) is 13.8 Å². The maximum Gasteiger partial charge on any atom is 0.416 e. The molecule has 2 N–H and O–H groups in total. The van der Waals surface area contributed by atoms with Crippen LogP contribution in [0.2, 0.25) is 0 Å². The van der Waals surface area contributed by atoms with Crippen LogP contribution >= 0.6 is 0 Å². The number of alkyl halides is 6. The Morgan fingerprint density at radius 1 is 0.967 bits per heavy atom. The molecular formula is C20H19F6N3O. The van der Waals surface area contributed by atoms with Gasteiger partial charge in [0.15, 0.2) is 0 Å². The van der Waals surface area contributed by atoms with E-state index < -0.39 is 35.4 Å². The number of carbonyl (C=O) groups excluding carboxylic acids is 1. The lowest BCUT2D eigenvalue weighted by Crippen LogP contribution is -2.27. The molecule has 30 heavy (non-hydrogen) atoms. The highest BCUT2D eigenvalue weighted by atomic mass is 19.4. The van der Waals surface area contributed by atoms with Crippen LogP contribution in [0.4, 0.5) is 26.3 Å². The van der Waals surface area contributed by atoms with Gasteiger partial charge in [-0.15, -0.1) is 0 Å². The molecule has 2 rings (SSSR count). The third-order valence-electron chi connectivity index (χ3n) is 4.33. The second kappa shape index (κ2) is 8.45. The van der Waals surface area contributed by atoms with Gasteiger partial charge >= 0.3 is 12.4 Å². The number of pyridine rings is 1. The standard InChI is InChI=1S/C20H19F6N3O/c1-10(2)17(27)16-8-12(4-5-28-16)18(30)29-11(3)13-6-14(19(21,22)23)9-15(7-13)20(24,25)26/h4-11,27H,1-3H3,(H,29,30)/t11-/m1/s1. The van der Waals surface area contributed by atoms with Crippen molar-refractivity contribution in [3.8, 4) is 0 Å². The number of rotatable bonds is 5. The minimum absolute atomic E-state index is 0.0325. The SMILES string of the molecule is CC(C)C(=N)c1cc(C(=O)N[C@H](C)c2cc(C(F)(F)F)cc(C(F)(F)F)c2)ccn1. The molecule has 1 heterocycles. The van der Waals surface area contributed by atoms with Crippen molar-refractivity contribution in [2.24, 2.45) is 5.92 Å². The fourth-order valence-electron chi connectivity index (χ4n) is 2.61. The molecule has 0 aliphatic carbocycles. The Morgan fingerprint density at radius 2 is 1.50 bits per heavy atom. The zero-order valence-corrected chi connectivity index (χ0v) is 16.2. The number of nitrogens with zero attached hydrogens (tertiary/aromatic N) is 1. The molecule has 10 heteroatoms. The molecule has 1 atom stereocenters. The topological polar surface area (TPSA) is 65.8 Å². The average molecular weight is 431 g/mol. The van der Waals surface area contributed by atoms with Crippen molar-refractivity contribution in [1.29, 1.82) is 5.41 Å². The lowest BCUT2D eigenvalue weighted by Gasteiger charge is -2.19. The summed E-state index contributed by atoms with van der Waals surface area (Å²) < 4.78 is 78.2. The van der Waals surface area contributed by atoms with E-state index in [0.29, 0.717) is 12.1 Å². The Morgan fingerprint density at radius 3 is 1.97 bits per heavy atom. The number of carbonyl (C=O) groups is 1. The molecule has 0 unspecified atom stereocenters. The van der Waals surface area contributed by atoms with Crippen molar-refractivity contribution in [2.45, 2.75) is 39.2 Å². The Labute approximate surface area is 168 Å². The fourth-order valence-corrected chi connectivity index (χ4v) is 2.61. The fraction of sp³-hybridized carbons (Fsp3) is 0.350. The number of halogens is 6. The first kappa shape index (κ1) is 23.4. The van der Waals surface area contributed by atoms with E-state index in [2.05, 4.69) is 10.3 Å². The van der Waals surface area contributed by atoms with Crippen LogP contribution < -0.4 is 5.32 Å². The van der Waals surface area contributed by atoms with E-state index in [4.69, 9.17) is 5.41 Å². The highest BCUT2D eigenvalue weighted by molar-refractivity contribution is 6.01. The summed E-state index contributed by atoms with van der Waals surface area (Å²) in [6, 6.07) is 2.73. The number of nitrogens with one attached hydrogen (secondary N) is 2. The second-order valence-electron chi connectivity index (χ2n) is 7.03. The molecule has 0 spiro atoms. The Balaban J connectivity index is 2.33. The Bertz CT molecular complexity index is 918. The van der Waals surface area contributed by atoms with Gasteiger partial charge in [0.05, 0.1) is 28.6 Å². The highest BCUT2D eigenvalue weighted by Crippen LogP contribution is 2.37. The third-order valence-corrected chi connectivity index (χ3v) is 4.33. The molecule has 0 bridgehead atoms. The van der Waals surface area contributed by atoms with Crippen molar-refractivity contribution in [1.82, 2.24) is 10.3 Å². The van der Waals surface area contributed by atoms with Crippen LogP contribution in [-0.4, -0.2) is 16.6 Å². The maximum atomic E-state index is 13.0. The van der Waals surface area contributed by atoms with Gasteiger partial charge in [0.1, 0.15) is 0 Å². The van der Waals surface area contributed by atoms with Gasteiger partial charge in [0.2, 0.25) is 0 Å². The minimum Gasteiger partial charge on any atom is -0.346 e. The van der Waals surface area contributed by atoms with E-state index in [1.54, 1.807) is 13.8 Å². The van der Waals surface area contributed by atoms with Crippen LogP contribution in [0.5, 0.6) is 0 Å². The van der Waals surface area contributed by atoms with Crippen molar-refractivity contribution < 1.29 is 31.1 Å². The zero-order chi connectivity index (χ0) is 22.9. The molecule has 0 saturated heterocycles. The molecule has 0 radical (unpaired) electrons. The lowest BCUT2D eigenvalue weighted by molar-refractivity contribution is -0.143. The summed E-state index contributed by atoms with van der Waals surface area (Å²) >= 11 is 0. The average Bonchev–Trinajstić information content (AvgIpc) is 2.65. The van der Waals surface area contributed by atoms with E-state index in [0.717, 1.165) is 0 Å². The van der Waals surface area contributed by atoms with Crippen LogP contribution in [0, 0.1) is 11.3 Å². The largest absolute Gasteiger partial charge is 0.416 e. The molecule has 4 nitrogen and oxygen atoms in total. The van der Waals surface area contributed by atoms with Crippen molar-refractivity contribution in [2.75, 3.05) is 0 Å². The van der Waals surface area contributed by atoms with Crippen LogP contribution in [0.3, 0.4) is 0 Å². The predicted molar refractivity (Wildman–Crippen MR) is 98.2 cm³/mol. The van der Waals surface area contributed by atoms with Crippen molar-refractivity contribution >= 4 is 11.6 Å². The summed E-state index contributed by atoms with van der Waals surface area (Å²) in [5, 5.41) is 10.3. The third kappa shape index (κ3) is 5.58. The summed E-state index contributed by atoms with van der Waals surface area (Å²) in [6.45, 7) is 4.82. The number of aromatic nitrogens is 1. The zero-order valence-electron chi connectivity index (χ0n) is 16.2. The number of hydrogen-bond acceptors (Lipinski definition) is 3. The van der Waals surface area contributed by atoms with Gasteiger partial charge in [-0.25, -0.2) is 0 Å². The number of hydrogen-bond donors (Lipinski definition) is 2. The minimum atomic E-state index is -4.98. The van der Waals surface area contributed by atoms with Gasteiger partial charge in [-0.2, -0.15) is 26.3 Å². The van der Waals surface area contributed by atoms with E-state index in [9.17, 15) is 31.1 Å². The van der Waals surface area contributed by atoms with Crippen LogP contribution in [0.1, 0.15) is 59.6 Å². The molecule has 0 aliphatic heterocycles. The van der Waals surface area contributed by atoms with Gasteiger partial charge < -0.3 is 10.7 Å². The van der Waals surface area contributed by atoms with E-state index in [-0.39, 0.29) is 34.5 Å². The molecule has 162 valence electrons. The predicted octanol–water partition coefficient (Wildman–Crippen LogP) is 5.63. The number of amides is 1. The molecule has 1 amide bonds. The molecule has 2 aromatic rings. The monoisotopic (exact) mass is 431 g/mol. The van der Waals surface area contributed by atoms with Gasteiger partial charge in [0, 0.05) is 11.8 Å². The molecule has 0 saturated carbocycles. The van der Waals surface area contributed by atoms with E-state index >= 15 is 0 Å². The van der Waals surface area contributed by atoms with Crippen molar-refractivity contribution in [3.05, 3.63) is 64.5 Å². The molecule has 0 aliphatic rings. The Hall–Kier alpha value is -2.91. The smallest absolute Gasteiger partial charge is 0.346 e. The summed E-state index contributed by atoms with van der Waals surface area (Å²) in [7, 11) is 0. The van der Waals surface area contributed by atoms with Gasteiger partial charge in [-0.05, 0) is 48.7 Å².